The van der Waals surface area contributed by atoms with Crippen LogP contribution in [-0.4, -0.2) is 33.8 Å². The van der Waals surface area contributed by atoms with Crippen molar-refractivity contribution in [2.75, 3.05) is 0 Å². The zero-order valence-electron chi connectivity index (χ0n) is 22.7. The van der Waals surface area contributed by atoms with Crippen molar-refractivity contribution in [2.45, 2.75) is 82.0 Å². The number of hydrogen-bond donors (Lipinski definition) is 3. The summed E-state index contributed by atoms with van der Waals surface area (Å²) >= 11 is 0. The fourth-order valence-electron chi connectivity index (χ4n) is 8.27. The predicted octanol–water partition coefficient (Wildman–Crippen LogP) is 5.25. The van der Waals surface area contributed by atoms with E-state index in [1.54, 1.807) is 0 Å². The Labute approximate surface area is 235 Å². The number of imidazole rings is 1. The third kappa shape index (κ3) is 3.49. The van der Waals surface area contributed by atoms with Crippen LogP contribution in [0.4, 0.5) is 0 Å². The highest BCUT2D eigenvalue weighted by Gasteiger charge is 2.48. The van der Waals surface area contributed by atoms with Gasteiger partial charge in [0.25, 0.3) is 0 Å². The average molecular weight is 524 g/mol. The van der Waals surface area contributed by atoms with E-state index in [1.165, 1.54) is 70.6 Å². The highest BCUT2D eigenvalue weighted by atomic mass is 15.1. The summed E-state index contributed by atoms with van der Waals surface area (Å²) in [5.41, 5.74) is 14.3. The van der Waals surface area contributed by atoms with Crippen LogP contribution in [-0.2, 0) is 19.3 Å². The van der Waals surface area contributed by atoms with Crippen molar-refractivity contribution in [3.63, 3.8) is 0 Å². The molecular formula is C35H33N5. The van der Waals surface area contributed by atoms with Crippen LogP contribution in [0.25, 0.3) is 16.8 Å². The lowest BCUT2D eigenvalue weighted by molar-refractivity contribution is 0.542. The van der Waals surface area contributed by atoms with Crippen LogP contribution in [0.15, 0.2) is 47.1 Å². The van der Waals surface area contributed by atoms with Crippen LogP contribution < -0.4 is 10.6 Å². The molecule has 0 unspecified atom stereocenters. The minimum Gasteiger partial charge on any atom is -0.344 e. The maximum atomic E-state index is 5.12. The molecule has 4 heterocycles. The maximum Gasteiger partial charge on any atom is 0.124 e. The Balaban J connectivity index is 0.877. The molecule has 0 amide bonds. The van der Waals surface area contributed by atoms with Gasteiger partial charge in [0.15, 0.2) is 0 Å². The van der Waals surface area contributed by atoms with Gasteiger partial charge < -0.3 is 15.6 Å². The first-order valence-corrected chi connectivity index (χ1v) is 15.4. The number of H-pyrrole nitrogens is 1. The first-order valence-electron chi connectivity index (χ1n) is 15.4. The summed E-state index contributed by atoms with van der Waals surface area (Å²) < 4.78 is 0. The Kier molecular flexibility index (Phi) is 4.48. The van der Waals surface area contributed by atoms with E-state index in [9.17, 15) is 0 Å². The van der Waals surface area contributed by atoms with Gasteiger partial charge in [0.2, 0.25) is 0 Å². The number of aromatic amines is 1. The van der Waals surface area contributed by atoms with Gasteiger partial charge in [-0.2, -0.15) is 0 Å². The summed E-state index contributed by atoms with van der Waals surface area (Å²) in [6, 6.07) is 16.0. The number of hydrogen-bond acceptors (Lipinski definition) is 4. The van der Waals surface area contributed by atoms with Crippen LogP contribution in [0.2, 0.25) is 0 Å². The summed E-state index contributed by atoms with van der Waals surface area (Å²) in [6.07, 6.45) is 10.5. The second-order valence-electron chi connectivity index (χ2n) is 13.3. The molecule has 198 valence electrons. The minimum absolute atomic E-state index is 0.403. The zero-order chi connectivity index (χ0) is 25.9. The molecule has 4 aliphatic carbocycles. The molecule has 2 saturated carbocycles. The molecule has 5 nitrogen and oxygen atoms in total. The number of aryl methyl sites for hydroxylation is 3. The summed E-state index contributed by atoms with van der Waals surface area (Å²) in [5.74, 6) is 9.86. The predicted molar refractivity (Wildman–Crippen MR) is 157 cm³/mol. The molecule has 0 bridgehead atoms. The average Bonchev–Trinajstić information content (AvgIpc) is 3.56. The molecule has 3 aromatic rings. The van der Waals surface area contributed by atoms with Crippen molar-refractivity contribution < 1.29 is 0 Å². The molecule has 5 heteroatoms. The van der Waals surface area contributed by atoms with Crippen molar-refractivity contribution in [3.05, 3.63) is 81.4 Å². The van der Waals surface area contributed by atoms with E-state index >= 15 is 0 Å². The van der Waals surface area contributed by atoms with Gasteiger partial charge in [-0.15, -0.1) is 0 Å². The Hall–Kier alpha value is -3.46. The number of rotatable bonds is 2. The Morgan fingerprint density at radius 1 is 0.725 bits per heavy atom. The molecule has 2 aromatic carbocycles. The maximum absolute atomic E-state index is 5.12. The number of aliphatic imine (C=N–C) groups is 1. The standard InChI is InChI=1S/C35H33N5/c1(18-3-7-24-20(11-18)5-9-27-26(24)17-32(36-27)31-15-22-13-29(22)37-31)2-19-4-8-25-21(12-19)6-10-28-34(25)40-35(39-28)33-16-23-14-30(23)38-33/h3-4,7-8,11-12,22-23,29-31,33,37-38H,5-6,9-10,13-17H2,(H,39,40)/t22-,23-,29-,30-,31+,33+/m1/s1. The van der Waals surface area contributed by atoms with Crippen molar-refractivity contribution >= 4 is 11.3 Å². The smallest absolute Gasteiger partial charge is 0.124 e. The molecule has 2 saturated heterocycles. The van der Waals surface area contributed by atoms with E-state index in [2.05, 4.69) is 63.9 Å². The van der Waals surface area contributed by atoms with Gasteiger partial charge in [0.1, 0.15) is 5.82 Å². The molecule has 0 spiro atoms. The van der Waals surface area contributed by atoms with Crippen LogP contribution in [0.1, 0.15) is 83.9 Å². The number of benzene rings is 2. The molecule has 3 aliphatic heterocycles. The van der Waals surface area contributed by atoms with Crippen LogP contribution in [0.5, 0.6) is 0 Å². The number of nitrogens with one attached hydrogen (secondary N) is 3. The lowest BCUT2D eigenvalue weighted by Crippen LogP contribution is -2.33. The second kappa shape index (κ2) is 8.06. The van der Waals surface area contributed by atoms with Crippen LogP contribution >= 0.6 is 0 Å². The summed E-state index contributed by atoms with van der Waals surface area (Å²) in [4.78, 5) is 13.9. The number of allylic oxidation sites excluding steroid dienone is 2. The summed E-state index contributed by atoms with van der Waals surface area (Å²) in [6.45, 7) is 0. The van der Waals surface area contributed by atoms with Crippen molar-refractivity contribution in [1.82, 2.24) is 20.6 Å². The van der Waals surface area contributed by atoms with Gasteiger partial charge >= 0.3 is 0 Å². The Morgan fingerprint density at radius 2 is 1.43 bits per heavy atom. The second-order valence-corrected chi connectivity index (χ2v) is 13.3. The normalized spacial score (nSPS) is 31.8. The van der Waals surface area contributed by atoms with Crippen LogP contribution in [0.3, 0.4) is 0 Å². The third-order valence-corrected chi connectivity index (χ3v) is 10.7. The Bertz CT molecular complexity index is 1720. The number of piperidine rings is 2. The Morgan fingerprint density at radius 3 is 2.17 bits per heavy atom. The third-order valence-electron chi connectivity index (χ3n) is 10.7. The van der Waals surface area contributed by atoms with E-state index in [0.29, 0.717) is 12.1 Å². The number of nitrogens with zero attached hydrogens (tertiary/aromatic N) is 2. The first-order chi connectivity index (χ1) is 19.7. The molecule has 10 rings (SSSR count). The van der Waals surface area contributed by atoms with Gasteiger partial charge in [-0.1, -0.05) is 24.0 Å². The number of aromatic nitrogens is 2. The van der Waals surface area contributed by atoms with Gasteiger partial charge in [0, 0.05) is 58.3 Å². The van der Waals surface area contributed by atoms with Gasteiger partial charge in [0.05, 0.1) is 11.7 Å². The summed E-state index contributed by atoms with van der Waals surface area (Å²) in [7, 11) is 0. The molecule has 40 heavy (non-hydrogen) atoms. The lowest BCUT2D eigenvalue weighted by Gasteiger charge is -2.18. The molecule has 3 N–H and O–H groups in total. The van der Waals surface area contributed by atoms with Crippen LogP contribution in [0, 0.1) is 23.7 Å². The lowest BCUT2D eigenvalue weighted by atomic mass is 9.86. The fraction of sp³-hybridized carbons (Fsp3) is 0.429. The largest absolute Gasteiger partial charge is 0.344 e. The monoisotopic (exact) mass is 523 g/mol. The van der Waals surface area contributed by atoms with E-state index in [-0.39, 0.29) is 0 Å². The van der Waals surface area contributed by atoms with Crippen molar-refractivity contribution in [1.29, 1.82) is 0 Å². The van der Waals surface area contributed by atoms with Gasteiger partial charge in [-0.3, -0.25) is 4.99 Å². The van der Waals surface area contributed by atoms with Gasteiger partial charge in [-0.25, -0.2) is 4.98 Å². The highest BCUT2D eigenvalue weighted by molar-refractivity contribution is 6.03. The van der Waals surface area contributed by atoms with Crippen molar-refractivity contribution in [3.8, 4) is 23.1 Å². The van der Waals surface area contributed by atoms with Crippen molar-refractivity contribution in [2.24, 2.45) is 16.8 Å². The number of fused-ring (bicyclic) bond motifs is 7. The summed E-state index contributed by atoms with van der Waals surface area (Å²) in [5, 5.41) is 7.54. The molecule has 1 aromatic heterocycles. The van der Waals surface area contributed by atoms with E-state index in [1.807, 2.05) is 0 Å². The van der Waals surface area contributed by atoms with Gasteiger partial charge in [-0.05, 0) is 110 Å². The molecule has 4 fully saturated rings. The molecule has 6 atom stereocenters. The van der Waals surface area contributed by atoms with E-state index in [4.69, 9.17) is 9.98 Å². The SMILES string of the molecule is C(#Cc1ccc2c(c1)CCc1[nH]c([C@@H]3C[C@H]4C[C@H]4N3)nc1-2)c1ccc2c(c1)CCC1=C2CC([C@@H]2C[C@H]3C[C@H]3N2)=N1. The highest BCUT2D eigenvalue weighted by Crippen LogP contribution is 2.47. The quantitative estimate of drug-likeness (QED) is 0.402. The first kappa shape index (κ1) is 22.3. The molecule has 0 radical (unpaired) electrons. The topological polar surface area (TPSA) is 65.1 Å². The van der Waals surface area contributed by atoms with E-state index < -0.39 is 0 Å². The minimum atomic E-state index is 0.403. The zero-order valence-corrected chi connectivity index (χ0v) is 22.7. The molecular weight excluding hydrogens is 490 g/mol. The molecule has 7 aliphatic rings. The fourth-order valence-corrected chi connectivity index (χ4v) is 8.27. The van der Waals surface area contributed by atoms with E-state index in [0.717, 1.165) is 78.7 Å².